The van der Waals surface area contributed by atoms with Crippen molar-refractivity contribution >= 4 is 17.7 Å². The Bertz CT molecular complexity index is 900. The Labute approximate surface area is 171 Å². The molecule has 3 rings (SSSR count). The number of fused-ring (bicyclic) bond motifs is 1. The Morgan fingerprint density at radius 2 is 2.07 bits per heavy atom. The number of nitrogens with one attached hydrogen (secondary N) is 1. The molecular weight excluding hydrogens is 370 g/mol. The van der Waals surface area contributed by atoms with Gasteiger partial charge in [0.1, 0.15) is 11.3 Å². The number of rotatable bonds is 4. The molecule has 8 heteroatoms. The van der Waals surface area contributed by atoms with Crippen molar-refractivity contribution in [3.63, 3.8) is 0 Å². The van der Waals surface area contributed by atoms with Gasteiger partial charge in [-0.05, 0) is 58.2 Å². The fourth-order valence-electron chi connectivity index (χ4n) is 3.52. The van der Waals surface area contributed by atoms with E-state index in [1.807, 2.05) is 44.0 Å². The second kappa shape index (κ2) is 8.23. The van der Waals surface area contributed by atoms with Crippen LogP contribution in [-0.2, 0) is 22.5 Å². The van der Waals surface area contributed by atoms with Crippen LogP contribution in [0.15, 0.2) is 24.4 Å². The number of ether oxygens (including phenoxy) is 1. The first-order valence-corrected chi connectivity index (χ1v) is 9.94. The summed E-state index contributed by atoms with van der Waals surface area (Å²) in [6.45, 7) is 10.0. The molecule has 0 unspecified atom stereocenters. The second-order valence-corrected chi connectivity index (χ2v) is 8.42. The molecule has 8 nitrogen and oxygen atoms in total. The van der Waals surface area contributed by atoms with Gasteiger partial charge < -0.3 is 15.0 Å². The zero-order valence-corrected chi connectivity index (χ0v) is 17.7. The first-order valence-electron chi connectivity index (χ1n) is 9.94. The van der Waals surface area contributed by atoms with Crippen molar-refractivity contribution in [2.45, 2.75) is 65.6 Å². The first kappa shape index (κ1) is 20.8. The summed E-state index contributed by atoms with van der Waals surface area (Å²) in [5.74, 6) is 0.0645. The largest absolute Gasteiger partial charge is 0.444 e. The van der Waals surface area contributed by atoms with Crippen molar-refractivity contribution in [1.82, 2.24) is 20.3 Å². The van der Waals surface area contributed by atoms with Gasteiger partial charge in [0.2, 0.25) is 5.91 Å². The van der Waals surface area contributed by atoms with Crippen LogP contribution < -0.4 is 10.2 Å². The number of benzene rings is 1. The van der Waals surface area contributed by atoms with Gasteiger partial charge in [-0.1, -0.05) is 11.3 Å². The topological polar surface area (TPSA) is 89.4 Å². The van der Waals surface area contributed by atoms with E-state index in [2.05, 4.69) is 28.6 Å². The van der Waals surface area contributed by atoms with Crippen molar-refractivity contribution in [2.75, 3.05) is 11.4 Å². The molecule has 29 heavy (non-hydrogen) atoms. The van der Waals surface area contributed by atoms with E-state index in [4.69, 9.17) is 4.74 Å². The highest BCUT2D eigenvalue weighted by Gasteiger charge is 2.26. The van der Waals surface area contributed by atoms with E-state index >= 15 is 0 Å². The predicted molar refractivity (Wildman–Crippen MR) is 111 cm³/mol. The SMILES string of the molecule is CC(=O)N1c2ccc(-c3cn(CCNC(=O)OC(C)(C)C)nn3)cc2CC[C@@H]1C. The molecule has 0 spiro atoms. The minimum atomic E-state index is -0.521. The number of nitrogens with zero attached hydrogens (tertiary/aromatic N) is 4. The Morgan fingerprint density at radius 1 is 1.31 bits per heavy atom. The molecule has 0 bridgehead atoms. The van der Waals surface area contributed by atoms with E-state index in [1.54, 1.807) is 11.6 Å². The fraction of sp³-hybridized carbons (Fsp3) is 0.524. The van der Waals surface area contributed by atoms with Crippen molar-refractivity contribution in [1.29, 1.82) is 0 Å². The highest BCUT2D eigenvalue weighted by Crippen LogP contribution is 2.33. The summed E-state index contributed by atoms with van der Waals surface area (Å²) < 4.78 is 6.90. The van der Waals surface area contributed by atoms with Gasteiger partial charge in [-0.15, -0.1) is 5.10 Å². The lowest BCUT2D eigenvalue weighted by Crippen LogP contribution is -2.40. The lowest BCUT2D eigenvalue weighted by atomic mass is 9.94. The van der Waals surface area contributed by atoms with Gasteiger partial charge in [0, 0.05) is 30.8 Å². The summed E-state index contributed by atoms with van der Waals surface area (Å²) >= 11 is 0. The summed E-state index contributed by atoms with van der Waals surface area (Å²) in [7, 11) is 0. The molecular formula is C21H29N5O3. The Kier molecular flexibility index (Phi) is 5.91. The van der Waals surface area contributed by atoms with Crippen LogP contribution in [0.2, 0.25) is 0 Å². The van der Waals surface area contributed by atoms with Gasteiger partial charge in [0.15, 0.2) is 0 Å². The van der Waals surface area contributed by atoms with Crippen LogP contribution in [0, 0.1) is 0 Å². The van der Waals surface area contributed by atoms with Crippen LogP contribution in [0.4, 0.5) is 10.5 Å². The average molecular weight is 399 g/mol. The maximum Gasteiger partial charge on any atom is 0.407 e. The average Bonchev–Trinajstić information content (AvgIpc) is 3.08. The van der Waals surface area contributed by atoms with E-state index in [1.165, 1.54) is 0 Å². The molecule has 0 fully saturated rings. The van der Waals surface area contributed by atoms with Crippen LogP contribution >= 0.6 is 0 Å². The number of aryl methyl sites for hydroxylation is 1. The lowest BCUT2D eigenvalue weighted by Gasteiger charge is -2.34. The number of alkyl carbamates (subject to hydrolysis) is 1. The number of amides is 2. The highest BCUT2D eigenvalue weighted by molar-refractivity contribution is 5.93. The predicted octanol–water partition coefficient (Wildman–Crippen LogP) is 3.16. The summed E-state index contributed by atoms with van der Waals surface area (Å²) in [4.78, 5) is 25.6. The summed E-state index contributed by atoms with van der Waals surface area (Å²) in [5.41, 5.74) is 3.34. The molecule has 2 heterocycles. The first-order chi connectivity index (χ1) is 13.6. The highest BCUT2D eigenvalue weighted by atomic mass is 16.6. The second-order valence-electron chi connectivity index (χ2n) is 8.42. The van der Waals surface area contributed by atoms with Crippen LogP contribution in [-0.4, -0.2) is 45.2 Å². The maximum atomic E-state index is 12.0. The molecule has 0 aliphatic carbocycles. The number of carbonyl (C=O) groups is 2. The Hall–Kier alpha value is -2.90. The standard InChI is InChI=1S/C21H29N5O3/c1-14-6-7-17-12-16(8-9-19(17)26(14)15(2)27)18-13-25(24-23-18)11-10-22-20(28)29-21(3,4)5/h8-9,12-14H,6-7,10-11H2,1-5H3,(H,22,28)/t14-/m0/s1. The van der Waals surface area contributed by atoms with Gasteiger partial charge in [-0.2, -0.15) is 0 Å². The molecule has 1 aliphatic rings. The van der Waals surface area contributed by atoms with Gasteiger partial charge in [-0.3, -0.25) is 9.48 Å². The fourth-order valence-corrected chi connectivity index (χ4v) is 3.52. The number of hydrogen-bond donors (Lipinski definition) is 1. The van der Waals surface area contributed by atoms with Gasteiger partial charge in [0.25, 0.3) is 0 Å². The van der Waals surface area contributed by atoms with E-state index in [9.17, 15) is 9.59 Å². The number of carbonyl (C=O) groups excluding carboxylic acids is 2. The molecule has 156 valence electrons. The number of anilines is 1. The molecule has 1 N–H and O–H groups in total. The van der Waals surface area contributed by atoms with E-state index in [-0.39, 0.29) is 11.9 Å². The summed E-state index contributed by atoms with van der Waals surface area (Å²) in [6, 6.07) is 6.26. The monoisotopic (exact) mass is 399 g/mol. The van der Waals surface area contributed by atoms with Gasteiger partial charge in [0.05, 0.1) is 12.7 Å². The van der Waals surface area contributed by atoms with Crippen LogP contribution in [0.5, 0.6) is 0 Å². The molecule has 2 amide bonds. The lowest BCUT2D eigenvalue weighted by molar-refractivity contribution is -0.117. The zero-order valence-electron chi connectivity index (χ0n) is 17.7. The third kappa shape index (κ3) is 5.13. The molecule has 0 saturated carbocycles. The molecule has 2 aromatic rings. The minimum Gasteiger partial charge on any atom is -0.444 e. The zero-order chi connectivity index (χ0) is 21.2. The molecule has 0 radical (unpaired) electrons. The van der Waals surface area contributed by atoms with E-state index in [0.29, 0.717) is 13.1 Å². The van der Waals surface area contributed by atoms with Gasteiger partial charge >= 0.3 is 6.09 Å². The van der Waals surface area contributed by atoms with Gasteiger partial charge in [-0.25, -0.2) is 4.79 Å². The third-order valence-corrected chi connectivity index (χ3v) is 4.79. The minimum absolute atomic E-state index is 0.0645. The third-order valence-electron chi connectivity index (χ3n) is 4.79. The smallest absolute Gasteiger partial charge is 0.407 e. The Morgan fingerprint density at radius 3 is 2.76 bits per heavy atom. The van der Waals surface area contributed by atoms with E-state index in [0.717, 1.165) is 35.3 Å². The van der Waals surface area contributed by atoms with Crippen molar-refractivity contribution in [3.8, 4) is 11.3 Å². The summed E-state index contributed by atoms with van der Waals surface area (Å²) in [5, 5.41) is 11.1. The van der Waals surface area contributed by atoms with Crippen LogP contribution in [0.3, 0.4) is 0 Å². The maximum absolute atomic E-state index is 12.0. The molecule has 1 aromatic carbocycles. The van der Waals surface area contributed by atoms with Crippen molar-refractivity contribution in [3.05, 3.63) is 30.0 Å². The quantitative estimate of drug-likeness (QED) is 0.853. The van der Waals surface area contributed by atoms with Crippen LogP contribution in [0.25, 0.3) is 11.3 Å². The van der Waals surface area contributed by atoms with Crippen molar-refractivity contribution in [2.24, 2.45) is 0 Å². The normalized spacial score (nSPS) is 16.3. The number of aromatic nitrogens is 3. The number of hydrogen-bond acceptors (Lipinski definition) is 5. The van der Waals surface area contributed by atoms with Crippen LogP contribution in [0.1, 0.15) is 46.6 Å². The molecule has 1 atom stereocenters. The Balaban J connectivity index is 1.65. The van der Waals surface area contributed by atoms with Crippen molar-refractivity contribution < 1.29 is 14.3 Å². The molecule has 1 aromatic heterocycles. The van der Waals surface area contributed by atoms with E-state index < -0.39 is 11.7 Å². The summed E-state index contributed by atoms with van der Waals surface area (Å²) in [6.07, 6.45) is 3.28. The molecule has 0 saturated heterocycles. The molecule has 1 aliphatic heterocycles.